The lowest BCUT2D eigenvalue weighted by atomic mass is 10.1. The zero-order valence-corrected chi connectivity index (χ0v) is 9.17. The largest absolute Gasteiger partial charge is 0.346 e. The third kappa shape index (κ3) is 4.97. The van der Waals surface area contributed by atoms with E-state index in [0.717, 1.165) is 6.42 Å². The normalized spacial score (nSPS) is 12.6. The van der Waals surface area contributed by atoms with E-state index in [0.29, 0.717) is 13.0 Å². The third-order valence-corrected chi connectivity index (χ3v) is 2.03. The second kappa shape index (κ2) is 6.54. The fraction of sp³-hybridized carbons (Fsp3) is 0.800. The van der Waals surface area contributed by atoms with Gasteiger partial charge in [0.2, 0.25) is 5.91 Å². The van der Waals surface area contributed by atoms with Crippen LogP contribution < -0.4 is 11.1 Å². The van der Waals surface area contributed by atoms with Crippen LogP contribution in [0.25, 0.3) is 0 Å². The van der Waals surface area contributed by atoms with E-state index in [1.807, 2.05) is 0 Å². The summed E-state index contributed by atoms with van der Waals surface area (Å²) in [4.78, 5) is 22.5. The van der Waals surface area contributed by atoms with Crippen molar-refractivity contribution in [2.45, 2.75) is 39.7 Å². The van der Waals surface area contributed by atoms with Crippen molar-refractivity contribution in [3.05, 3.63) is 0 Å². The number of rotatable bonds is 6. The van der Waals surface area contributed by atoms with Gasteiger partial charge in [-0.05, 0) is 26.3 Å². The van der Waals surface area contributed by atoms with Crippen molar-refractivity contribution in [1.29, 1.82) is 0 Å². The molecule has 0 aliphatic heterocycles. The molecule has 0 aromatic heterocycles. The molecule has 1 amide bonds. The van der Waals surface area contributed by atoms with Crippen LogP contribution >= 0.6 is 0 Å². The Morgan fingerprint density at radius 1 is 1.36 bits per heavy atom. The maximum absolute atomic E-state index is 11.3. The van der Waals surface area contributed by atoms with Gasteiger partial charge >= 0.3 is 0 Å². The molecule has 1 unspecified atom stereocenters. The van der Waals surface area contributed by atoms with Crippen molar-refractivity contribution in [1.82, 2.24) is 5.32 Å². The maximum Gasteiger partial charge on any atom is 0.223 e. The average Bonchev–Trinajstić information content (AvgIpc) is 2.10. The van der Waals surface area contributed by atoms with Crippen LogP contribution in [-0.4, -0.2) is 24.3 Å². The molecule has 0 bridgehead atoms. The zero-order valence-electron chi connectivity index (χ0n) is 9.17. The molecule has 0 fully saturated rings. The summed E-state index contributed by atoms with van der Waals surface area (Å²) in [7, 11) is 0. The molecule has 0 heterocycles. The van der Waals surface area contributed by atoms with Crippen molar-refractivity contribution >= 4 is 11.7 Å². The minimum absolute atomic E-state index is 0.00699. The Bertz CT molecular complexity index is 202. The molecule has 0 spiro atoms. The van der Waals surface area contributed by atoms with Gasteiger partial charge in [-0.15, -0.1) is 0 Å². The van der Waals surface area contributed by atoms with E-state index >= 15 is 0 Å². The number of amides is 1. The van der Waals surface area contributed by atoms with Crippen molar-refractivity contribution in [2.75, 3.05) is 6.54 Å². The highest BCUT2D eigenvalue weighted by atomic mass is 16.2. The molecule has 0 saturated carbocycles. The topological polar surface area (TPSA) is 72.2 Å². The van der Waals surface area contributed by atoms with Gasteiger partial charge in [0.05, 0.1) is 6.04 Å². The molecule has 0 aromatic carbocycles. The van der Waals surface area contributed by atoms with Crippen LogP contribution in [0, 0.1) is 5.92 Å². The second-order valence-electron chi connectivity index (χ2n) is 3.76. The van der Waals surface area contributed by atoms with Gasteiger partial charge in [-0.1, -0.05) is 13.8 Å². The monoisotopic (exact) mass is 200 g/mol. The fourth-order valence-corrected chi connectivity index (χ4v) is 1.04. The number of carbonyl (C=O) groups excluding carboxylic acids is 2. The van der Waals surface area contributed by atoms with E-state index in [1.165, 1.54) is 6.92 Å². The van der Waals surface area contributed by atoms with E-state index < -0.39 is 0 Å². The van der Waals surface area contributed by atoms with Crippen molar-refractivity contribution < 1.29 is 9.59 Å². The van der Waals surface area contributed by atoms with Crippen LogP contribution in [0.15, 0.2) is 0 Å². The highest BCUT2D eigenvalue weighted by Gasteiger charge is 2.17. The van der Waals surface area contributed by atoms with Gasteiger partial charge in [-0.3, -0.25) is 9.59 Å². The summed E-state index contributed by atoms with van der Waals surface area (Å²) in [5.41, 5.74) is 5.34. The number of hydrogen-bond acceptors (Lipinski definition) is 3. The van der Waals surface area contributed by atoms with Gasteiger partial charge in [0.15, 0.2) is 5.78 Å². The smallest absolute Gasteiger partial charge is 0.223 e. The summed E-state index contributed by atoms with van der Waals surface area (Å²) in [6.45, 7) is 5.63. The minimum Gasteiger partial charge on any atom is -0.346 e. The van der Waals surface area contributed by atoms with Gasteiger partial charge in [0, 0.05) is 5.92 Å². The van der Waals surface area contributed by atoms with Gasteiger partial charge in [0.25, 0.3) is 0 Å². The fourth-order valence-electron chi connectivity index (χ4n) is 1.04. The summed E-state index contributed by atoms with van der Waals surface area (Å²) in [6, 6.07) is -0.367. The van der Waals surface area contributed by atoms with Crippen LogP contribution in [0.3, 0.4) is 0 Å². The van der Waals surface area contributed by atoms with Crippen LogP contribution in [0.5, 0.6) is 0 Å². The van der Waals surface area contributed by atoms with Gasteiger partial charge < -0.3 is 11.1 Å². The van der Waals surface area contributed by atoms with E-state index in [9.17, 15) is 9.59 Å². The predicted molar refractivity (Wildman–Crippen MR) is 55.7 cm³/mol. The Hall–Kier alpha value is -0.900. The first-order valence-corrected chi connectivity index (χ1v) is 5.00. The summed E-state index contributed by atoms with van der Waals surface area (Å²) >= 11 is 0. The number of hydrogen-bond donors (Lipinski definition) is 2. The molecule has 14 heavy (non-hydrogen) atoms. The second-order valence-corrected chi connectivity index (χ2v) is 3.76. The van der Waals surface area contributed by atoms with Crippen LogP contribution in [0.2, 0.25) is 0 Å². The Balaban J connectivity index is 4.09. The summed E-state index contributed by atoms with van der Waals surface area (Å²) in [6.07, 6.45) is 1.38. The molecule has 0 aliphatic carbocycles. The average molecular weight is 200 g/mol. The van der Waals surface area contributed by atoms with Crippen LogP contribution in [0.4, 0.5) is 0 Å². The molecule has 0 rings (SSSR count). The molecule has 0 aliphatic rings. The van der Waals surface area contributed by atoms with E-state index in [1.54, 1.807) is 13.8 Å². The summed E-state index contributed by atoms with van der Waals surface area (Å²) < 4.78 is 0. The Kier molecular flexibility index (Phi) is 6.12. The molecule has 1 atom stereocenters. The molecule has 4 nitrogen and oxygen atoms in total. The first kappa shape index (κ1) is 13.1. The van der Waals surface area contributed by atoms with Gasteiger partial charge in [-0.2, -0.15) is 0 Å². The quantitative estimate of drug-likeness (QED) is 0.654. The highest BCUT2D eigenvalue weighted by Crippen LogP contribution is 2.00. The van der Waals surface area contributed by atoms with E-state index in [2.05, 4.69) is 5.32 Å². The number of nitrogens with one attached hydrogen (secondary N) is 1. The van der Waals surface area contributed by atoms with Crippen molar-refractivity contribution in [3.8, 4) is 0 Å². The Labute approximate surface area is 85.2 Å². The number of Topliss-reactive ketones (excluding diaryl/α,β-unsaturated/α-hetero) is 1. The van der Waals surface area contributed by atoms with Crippen LogP contribution in [0.1, 0.15) is 33.6 Å². The lowest BCUT2D eigenvalue weighted by Crippen LogP contribution is -2.41. The Morgan fingerprint density at radius 3 is 2.29 bits per heavy atom. The molecule has 0 saturated heterocycles. The van der Waals surface area contributed by atoms with Crippen molar-refractivity contribution in [3.63, 3.8) is 0 Å². The van der Waals surface area contributed by atoms with Crippen molar-refractivity contribution in [2.24, 2.45) is 11.7 Å². The number of ketones is 1. The van der Waals surface area contributed by atoms with Crippen LogP contribution in [-0.2, 0) is 9.59 Å². The van der Waals surface area contributed by atoms with Gasteiger partial charge in [-0.25, -0.2) is 0 Å². The molecule has 4 heteroatoms. The number of nitrogens with two attached hydrogens (primary N) is 1. The summed E-state index contributed by atoms with van der Waals surface area (Å²) in [5, 5.41) is 2.71. The summed E-state index contributed by atoms with van der Waals surface area (Å²) in [5.74, 6) is -0.176. The highest BCUT2D eigenvalue weighted by molar-refractivity contribution is 5.88. The molecule has 0 radical (unpaired) electrons. The minimum atomic E-state index is -0.367. The zero-order chi connectivity index (χ0) is 11.1. The molecular formula is C10H20N2O2. The maximum atomic E-state index is 11.3. The lowest BCUT2D eigenvalue weighted by Gasteiger charge is -2.16. The lowest BCUT2D eigenvalue weighted by molar-refractivity contribution is -0.129. The van der Waals surface area contributed by atoms with E-state index in [4.69, 9.17) is 5.73 Å². The first-order chi connectivity index (χ1) is 6.49. The molecule has 0 aromatic rings. The standard InChI is InChI=1S/C10H20N2O2/c1-7(2)10(14)12-9(8(3)13)5-4-6-11/h7,9H,4-6,11H2,1-3H3,(H,12,14). The predicted octanol–water partition coefficient (Wildman–Crippen LogP) is 0.455. The first-order valence-electron chi connectivity index (χ1n) is 5.00. The Morgan fingerprint density at radius 2 is 1.93 bits per heavy atom. The molecular weight excluding hydrogens is 180 g/mol. The SMILES string of the molecule is CC(=O)C(CCCN)NC(=O)C(C)C. The van der Waals surface area contributed by atoms with Gasteiger partial charge in [0.1, 0.15) is 0 Å². The third-order valence-electron chi connectivity index (χ3n) is 2.03. The number of carbonyl (C=O) groups is 2. The molecule has 3 N–H and O–H groups in total. The van der Waals surface area contributed by atoms with E-state index in [-0.39, 0.29) is 23.7 Å². The molecule has 82 valence electrons.